The highest BCUT2D eigenvalue weighted by molar-refractivity contribution is 6.08. The number of furan rings is 1. The molecular weight excluding hydrogens is 396 g/mol. The minimum Gasteiger partial charge on any atom is -0.495 e. The van der Waals surface area contributed by atoms with Gasteiger partial charge in [-0.3, -0.25) is 4.79 Å². The molecule has 154 valence electrons. The van der Waals surface area contributed by atoms with Gasteiger partial charge in [-0.15, -0.1) is 0 Å². The van der Waals surface area contributed by atoms with Crippen LogP contribution >= 0.6 is 0 Å². The van der Waals surface area contributed by atoms with Gasteiger partial charge in [-0.1, -0.05) is 36.4 Å². The molecule has 31 heavy (non-hydrogen) atoms. The van der Waals surface area contributed by atoms with Crippen LogP contribution in [0.15, 0.2) is 71.3 Å². The molecule has 0 aliphatic rings. The number of hydrogen-bond acceptors (Lipinski definition) is 5. The summed E-state index contributed by atoms with van der Waals surface area (Å²) in [6, 6.07) is 18.6. The maximum atomic E-state index is 12.4. The summed E-state index contributed by atoms with van der Waals surface area (Å²) in [5.74, 6) is -0.579. The quantitative estimate of drug-likeness (QED) is 0.400. The monoisotopic (exact) mass is 414 g/mol. The lowest BCUT2D eigenvalue weighted by atomic mass is 10.1. The molecule has 2 heterocycles. The molecule has 0 saturated carbocycles. The molecule has 7 nitrogen and oxygen atoms in total. The number of hydrogen-bond donors (Lipinski definition) is 2. The summed E-state index contributed by atoms with van der Waals surface area (Å²) in [5.41, 5.74) is 3.00. The lowest BCUT2D eigenvalue weighted by molar-refractivity contribution is -0.119. The predicted molar refractivity (Wildman–Crippen MR) is 117 cm³/mol. The van der Waals surface area contributed by atoms with Gasteiger partial charge in [0.25, 0.3) is 5.91 Å². The van der Waals surface area contributed by atoms with Gasteiger partial charge in [0.05, 0.1) is 18.4 Å². The average molecular weight is 414 g/mol. The van der Waals surface area contributed by atoms with Crippen molar-refractivity contribution in [2.75, 3.05) is 19.0 Å². The molecule has 2 N–H and O–H groups in total. The molecule has 0 saturated heterocycles. The number of aromatic amines is 1. The Balaban J connectivity index is 1.33. The number of rotatable bonds is 5. The highest BCUT2D eigenvalue weighted by Gasteiger charge is 2.17. The van der Waals surface area contributed by atoms with Gasteiger partial charge < -0.3 is 24.2 Å². The number of amides is 1. The molecule has 0 unspecified atom stereocenters. The molecule has 0 aliphatic carbocycles. The molecule has 1 amide bonds. The molecule has 3 aromatic carbocycles. The summed E-state index contributed by atoms with van der Waals surface area (Å²) >= 11 is 0. The number of fused-ring (bicyclic) bond motifs is 4. The van der Waals surface area contributed by atoms with Crippen molar-refractivity contribution in [3.8, 4) is 5.75 Å². The molecule has 2 aromatic heterocycles. The van der Waals surface area contributed by atoms with Crippen LogP contribution in [-0.2, 0) is 9.53 Å². The van der Waals surface area contributed by atoms with Gasteiger partial charge in [0.2, 0.25) is 0 Å². The zero-order valence-electron chi connectivity index (χ0n) is 16.6. The van der Waals surface area contributed by atoms with E-state index >= 15 is 0 Å². The third kappa shape index (κ3) is 3.36. The van der Waals surface area contributed by atoms with Crippen LogP contribution in [0.4, 0.5) is 5.69 Å². The first-order valence-electron chi connectivity index (χ1n) is 9.66. The Hall–Kier alpha value is -4.26. The number of H-pyrrole nitrogens is 1. The molecule has 0 bridgehead atoms. The topological polar surface area (TPSA) is 93.6 Å². The number of aromatic nitrogens is 1. The lowest BCUT2D eigenvalue weighted by Gasteiger charge is -2.10. The molecular formula is C24H18N2O5. The fraction of sp³-hybridized carbons (Fsp3) is 0.0833. The summed E-state index contributed by atoms with van der Waals surface area (Å²) in [6.07, 6.45) is 1.57. The third-order valence-corrected chi connectivity index (χ3v) is 5.12. The fourth-order valence-electron chi connectivity index (χ4n) is 3.65. The van der Waals surface area contributed by atoms with Gasteiger partial charge in [0.1, 0.15) is 16.9 Å². The van der Waals surface area contributed by atoms with Crippen LogP contribution in [0.2, 0.25) is 0 Å². The van der Waals surface area contributed by atoms with Crippen LogP contribution in [0.3, 0.4) is 0 Å². The molecule has 0 spiro atoms. The van der Waals surface area contributed by atoms with Crippen molar-refractivity contribution in [3.05, 3.63) is 72.4 Å². The number of para-hydroxylation sites is 2. The van der Waals surface area contributed by atoms with Crippen molar-refractivity contribution in [2.45, 2.75) is 0 Å². The summed E-state index contributed by atoms with van der Waals surface area (Å²) in [4.78, 5) is 27.9. The summed E-state index contributed by atoms with van der Waals surface area (Å²) in [5, 5.41) is 5.31. The Morgan fingerprint density at radius 2 is 1.74 bits per heavy atom. The number of anilines is 1. The van der Waals surface area contributed by atoms with Crippen molar-refractivity contribution in [2.24, 2.45) is 0 Å². The first-order valence-corrected chi connectivity index (χ1v) is 9.66. The minimum atomic E-state index is -0.577. The maximum absolute atomic E-state index is 12.4. The van der Waals surface area contributed by atoms with E-state index in [4.69, 9.17) is 13.9 Å². The SMILES string of the molecule is COc1cc2c(cc1NC(=O)COC(=O)c1c[nH]c3ccccc13)oc1ccccc12. The van der Waals surface area contributed by atoms with Crippen molar-refractivity contribution in [1.29, 1.82) is 0 Å². The van der Waals surface area contributed by atoms with E-state index in [1.807, 2.05) is 54.6 Å². The second kappa shape index (κ2) is 7.53. The molecule has 0 radical (unpaired) electrons. The number of carbonyl (C=O) groups excluding carboxylic acids is 2. The van der Waals surface area contributed by atoms with E-state index in [0.29, 0.717) is 22.6 Å². The molecule has 7 heteroatoms. The predicted octanol–water partition coefficient (Wildman–Crippen LogP) is 4.87. The Kier molecular flexibility index (Phi) is 4.55. The van der Waals surface area contributed by atoms with E-state index < -0.39 is 18.5 Å². The van der Waals surface area contributed by atoms with E-state index in [0.717, 1.165) is 27.3 Å². The van der Waals surface area contributed by atoms with Crippen molar-refractivity contribution in [1.82, 2.24) is 4.98 Å². The number of ether oxygens (including phenoxy) is 2. The Morgan fingerprint density at radius 1 is 0.968 bits per heavy atom. The highest BCUT2D eigenvalue weighted by Crippen LogP contribution is 2.36. The van der Waals surface area contributed by atoms with Crippen molar-refractivity contribution >= 4 is 50.4 Å². The average Bonchev–Trinajstić information content (AvgIpc) is 3.38. The Morgan fingerprint density at radius 3 is 2.58 bits per heavy atom. The lowest BCUT2D eigenvalue weighted by Crippen LogP contribution is -2.21. The third-order valence-electron chi connectivity index (χ3n) is 5.12. The molecule has 0 atom stereocenters. The summed E-state index contributed by atoms with van der Waals surface area (Å²) in [6.45, 7) is -0.431. The van der Waals surface area contributed by atoms with E-state index in [1.54, 1.807) is 12.3 Å². The van der Waals surface area contributed by atoms with Gasteiger partial charge in [0.15, 0.2) is 6.61 Å². The van der Waals surface area contributed by atoms with E-state index in [1.165, 1.54) is 7.11 Å². The van der Waals surface area contributed by atoms with Crippen LogP contribution in [-0.4, -0.2) is 30.6 Å². The van der Waals surface area contributed by atoms with Crippen LogP contribution in [0.1, 0.15) is 10.4 Å². The van der Waals surface area contributed by atoms with Crippen LogP contribution < -0.4 is 10.1 Å². The molecule has 5 rings (SSSR count). The Bertz CT molecular complexity index is 1450. The summed E-state index contributed by atoms with van der Waals surface area (Å²) in [7, 11) is 1.52. The molecule has 0 fully saturated rings. The minimum absolute atomic E-state index is 0.379. The molecule has 5 aromatic rings. The van der Waals surface area contributed by atoms with E-state index in [9.17, 15) is 9.59 Å². The number of benzene rings is 3. The number of methoxy groups -OCH3 is 1. The van der Waals surface area contributed by atoms with Gasteiger partial charge in [0, 0.05) is 33.9 Å². The van der Waals surface area contributed by atoms with Crippen LogP contribution in [0.5, 0.6) is 5.75 Å². The standard InChI is InChI=1S/C24H18N2O5/c1-29-22-10-16-15-7-3-5-9-20(15)31-21(16)11-19(22)26-23(27)13-30-24(28)17-12-25-18-8-4-2-6-14(17)18/h2-12,25H,13H2,1H3,(H,26,27). The zero-order valence-corrected chi connectivity index (χ0v) is 16.6. The normalized spacial score (nSPS) is 11.1. The second-order valence-electron chi connectivity index (χ2n) is 7.02. The Labute approximate surface area is 176 Å². The van der Waals surface area contributed by atoms with Gasteiger partial charge >= 0.3 is 5.97 Å². The van der Waals surface area contributed by atoms with Gasteiger partial charge in [-0.05, 0) is 18.2 Å². The number of nitrogens with one attached hydrogen (secondary N) is 2. The van der Waals surface area contributed by atoms with E-state index in [-0.39, 0.29) is 0 Å². The smallest absolute Gasteiger partial charge is 0.340 e. The van der Waals surface area contributed by atoms with E-state index in [2.05, 4.69) is 10.3 Å². The van der Waals surface area contributed by atoms with Gasteiger partial charge in [-0.2, -0.15) is 0 Å². The van der Waals surface area contributed by atoms with Crippen LogP contribution in [0.25, 0.3) is 32.8 Å². The second-order valence-corrected chi connectivity index (χ2v) is 7.02. The largest absolute Gasteiger partial charge is 0.495 e. The first-order chi connectivity index (χ1) is 15.1. The number of esters is 1. The zero-order chi connectivity index (χ0) is 21.4. The van der Waals surface area contributed by atoms with Crippen LogP contribution in [0, 0.1) is 0 Å². The van der Waals surface area contributed by atoms with Crippen molar-refractivity contribution < 1.29 is 23.5 Å². The van der Waals surface area contributed by atoms with Crippen molar-refractivity contribution in [3.63, 3.8) is 0 Å². The highest BCUT2D eigenvalue weighted by atomic mass is 16.5. The summed E-state index contributed by atoms with van der Waals surface area (Å²) < 4.78 is 16.5. The first kappa shape index (κ1) is 18.7. The van der Waals surface area contributed by atoms with Gasteiger partial charge in [-0.25, -0.2) is 4.79 Å². The maximum Gasteiger partial charge on any atom is 0.340 e. The molecule has 0 aliphatic heterocycles. The fourth-order valence-corrected chi connectivity index (χ4v) is 3.65. The number of carbonyl (C=O) groups is 2.